The predicted octanol–water partition coefficient (Wildman–Crippen LogP) is 2.14. The summed E-state index contributed by atoms with van der Waals surface area (Å²) in [5.74, 6) is 0.324. The highest BCUT2D eigenvalue weighted by Gasteiger charge is 2.29. The Bertz CT molecular complexity index is 275. The topological polar surface area (TPSA) is 66.4 Å². The van der Waals surface area contributed by atoms with Crippen LogP contribution in [0.2, 0.25) is 0 Å². The van der Waals surface area contributed by atoms with E-state index in [9.17, 15) is 9.59 Å². The molecule has 18 heavy (non-hydrogen) atoms. The number of nitrogens with one attached hydrogen (secondary N) is 1. The minimum absolute atomic E-state index is 0.0288. The number of aliphatic carboxylic acids is 1. The molecule has 5 heteroatoms. The molecule has 0 aromatic heterocycles. The van der Waals surface area contributed by atoms with Crippen LogP contribution >= 0.6 is 11.8 Å². The molecule has 0 aromatic carbocycles. The van der Waals surface area contributed by atoms with Gasteiger partial charge in [0, 0.05) is 12.5 Å². The van der Waals surface area contributed by atoms with E-state index in [1.807, 2.05) is 11.8 Å². The van der Waals surface area contributed by atoms with Gasteiger partial charge in [-0.3, -0.25) is 9.59 Å². The Morgan fingerprint density at radius 3 is 2.33 bits per heavy atom. The first-order valence-electron chi connectivity index (χ1n) is 6.64. The van der Waals surface area contributed by atoms with Crippen molar-refractivity contribution in [1.29, 1.82) is 0 Å². The molecular weight excluding hydrogens is 250 g/mol. The predicted molar refractivity (Wildman–Crippen MR) is 73.7 cm³/mol. The Balaban J connectivity index is 2.14. The van der Waals surface area contributed by atoms with Crippen LogP contribution in [0.1, 0.15) is 38.5 Å². The lowest BCUT2D eigenvalue weighted by Gasteiger charge is -2.25. The zero-order valence-corrected chi connectivity index (χ0v) is 11.8. The van der Waals surface area contributed by atoms with Crippen LogP contribution in [0.25, 0.3) is 0 Å². The number of amides is 1. The lowest BCUT2D eigenvalue weighted by atomic mass is 9.81. The van der Waals surface area contributed by atoms with E-state index in [0.717, 1.165) is 25.1 Å². The van der Waals surface area contributed by atoms with Crippen LogP contribution in [0, 0.1) is 11.8 Å². The van der Waals surface area contributed by atoms with Gasteiger partial charge in [0.1, 0.15) is 0 Å². The fraction of sp³-hybridized carbons (Fsp3) is 0.846. The fourth-order valence-corrected chi connectivity index (χ4v) is 2.82. The molecule has 4 nitrogen and oxygen atoms in total. The van der Waals surface area contributed by atoms with Crippen LogP contribution in [-0.2, 0) is 9.59 Å². The fourth-order valence-electron chi connectivity index (χ4n) is 2.33. The van der Waals surface area contributed by atoms with Gasteiger partial charge >= 0.3 is 5.97 Å². The van der Waals surface area contributed by atoms with Gasteiger partial charge in [-0.05, 0) is 50.5 Å². The summed E-state index contributed by atoms with van der Waals surface area (Å²) in [6, 6.07) is 0. The van der Waals surface area contributed by atoms with Crippen molar-refractivity contribution in [2.45, 2.75) is 38.5 Å². The lowest BCUT2D eigenvalue weighted by Crippen LogP contribution is -2.34. The summed E-state index contributed by atoms with van der Waals surface area (Å²) in [6.07, 6.45) is 6.95. The molecule has 0 atom stereocenters. The van der Waals surface area contributed by atoms with Crippen molar-refractivity contribution in [1.82, 2.24) is 5.32 Å². The van der Waals surface area contributed by atoms with Gasteiger partial charge in [0.05, 0.1) is 5.92 Å². The van der Waals surface area contributed by atoms with Crippen LogP contribution in [0.3, 0.4) is 0 Å². The molecule has 0 radical (unpaired) electrons. The van der Waals surface area contributed by atoms with Gasteiger partial charge in [-0.25, -0.2) is 0 Å². The van der Waals surface area contributed by atoms with Crippen molar-refractivity contribution in [2.24, 2.45) is 11.8 Å². The van der Waals surface area contributed by atoms with Crippen LogP contribution in [0.5, 0.6) is 0 Å². The van der Waals surface area contributed by atoms with Crippen molar-refractivity contribution in [3.8, 4) is 0 Å². The molecule has 0 aromatic rings. The molecule has 0 aliphatic heterocycles. The number of hydrogen-bond donors (Lipinski definition) is 2. The van der Waals surface area contributed by atoms with Gasteiger partial charge in [-0.2, -0.15) is 11.8 Å². The Morgan fingerprint density at radius 1 is 1.17 bits per heavy atom. The molecule has 0 spiro atoms. The molecule has 0 saturated heterocycles. The largest absolute Gasteiger partial charge is 0.481 e. The van der Waals surface area contributed by atoms with E-state index in [1.54, 1.807) is 0 Å². The maximum atomic E-state index is 11.8. The first-order valence-corrected chi connectivity index (χ1v) is 8.04. The number of unbranched alkanes of at least 4 members (excludes halogenated alkanes) is 1. The smallest absolute Gasteiger partial charge is 0.306 e. The molecule has 0 unspecified atom stereocenters. The number of thioether (sulfide) groups is 1. The minimum atomic E-state index is -0.717. The standard InChI is InChI=1S/C13H23NO3S/c1-18-9-3-2-8-14-12(15)10-4-6-11(7-5-10)13(16)17/h10-11H,2-9H2,1H3,(H,14,15)(H,16,17). The highest BCUT2D eigenvalue weighted by molar-refractivity contribution is 7.98. The first kappa shape index (κ1) is 15.3. The number of carboxylic acids is 1. The second-order valence-corrected chi connectivity index (χ2v) is 5.86. The maximum Gasteiger partial charge on any atom is 0.306 e. The molecular formula is C13H23NO3S. The van der Waals surface area contributed by atoms with E-state index >= 15 is 0 Å². The summed E-state index contributed by atoms with van der Waals surface area (Å²) in [4.78, 5) is 22.6. The highest BCUT2D eigenvalue weighted by atomic mass is 32.2. The Hall–Kier alpha value is -0.710. The molecule has 1 fully saturated rings. The normalized spacial score (nSPS) is 23.6. The van der Waals surface area contributed by atoms with Crippen LogP contribution in [0.15, 0.2) is 0 Å². The molecule has 2 N–H and O–H groups in total. The average molecular weight is 273 g/mol. The van der Waals surface area contributed by atoms with Crippen LogP contribution in [-0.4, -0.2) is 35.5 Å². The number of rotatable bonds is 7. The van der Waals surface area contributed by atoms with E-state index in [-0.39, 0.29) is 17.7 Å². The average Bonchev–Trinajstić information content (AvgIpc) is 2.38. The van der Waals surface area contributed by atoms with Crippen LogP contribution < -0.4 is 5.32 Å². The van der Waals surface area contributed by atoms with Gasteiger partial charge in [0.25, 0.3) is 0 Å². The summed E-state index contributed by atoms with van der Waals surface area (Å²) in [5, 5.41) is 11.8. The SMILES string of the molecule is CSCCCCNC(=O)C1CCC(C(=O)O)CC1. The third-order valence-corrected chi connectivity index (χ3v) is 4.22. The van der Waals surface area contributed by atoms with Crippen molar-refractivity contribution in [2.75, 3.05) is 18.6 Å². The third kappa shape index (κ3) is 5.29. The second kappa shape index (κ2) is 8.40. The molecule has 1 rings (SSSR count). The van der Waals surface area contributed by atoms with Crippen molar-refractivity contribution in [3.63, 3.8) is 0 Å². The second-order valence-electron chi connectivity index (χ2n) is 4.88. The van der Waals surface area contributed by atoms with Gasteiger partial charge in [-0.1, -0.05) is 0 Å². The summed E-state index contributed by atoms with van der Waals surface area (Å²) in [5.41, 5.74) is 0. The Kier molecular flexibility index (Phi) is 7.16. The van der Waals surface area contributed by atoms with Crippen molar-refractivity contribution >= 4 is 23.6 Å². The number of carbonyl (C=O) groups is 2. The third-order valence-electron chi connectivity index (χ3n) is 3.52. The Morgan fingerprint density at radius 2 is 1.78 bits per heavy atom. The van der Waals surface area contributed by atoms with E-state index in [0.29, 0.717) is 25.7 Å². The number of carboxylic acid groups (broad SMARTS) is 1. The lowest BCUT2D eigenvalue weighted by molar-refractivity contribution is -0.144. The zero-order valence-electron chi connectivity index (χ0n) is 11.0. The van der Waals surface area contributed by atoms with Crippen LogP contribution in [0.4, 0.5) is 0 Å². The molecule has 1 aliphatic carbocycles. The maximum absolute atomic E-state index is 11.8. The molecule has 1 amide bonds. The molecule has 1 aliphatic rings. The van der Waals surface area contributed by atoms with E-state index in [4.69, 9.17) is 5.11 Å². The van der Waals surface area contributed by atoms with Gasteiger partial charge in [0.15, 0.2) is 0 Å². The minimum Gasteiger partial charge on any atom is -0.481 e. The molecule has 0 heterocycles. The van der Waals surface area contributed by atoms with E-state index in [2.05, 4.69) is 11.6 Å². The summed E-state index contributed by atoms with van der Waals surface area (Å²) < 4.78 is 0. The monoisotopic (exact) mass is 273 g/mol. The van der Waals surface area contributed by atoms with Gasteiger partial charge in [-0.15, -0.1) is 0 Å². The van der Waals surface area contributed by atoms with Crippen molar-refractivity contribution < 1.29 is 14.7 Å². The first-order chi connectivity index (χ1) is 8.65. The Labute approximate surface area is 113 Å². The zero-order chi connectivity index (χ0) is 13.4. The molecule has 0 bridgehead atoms. The number of carbonyl (C=O) groups excluding carboxylic acids is 1. The van der Waals surface area contributed by atoms with Crippen molar-refractivity contribution in [3.05, 3.63) is 0 Å². The van der Waals surface area contributed by atoms with E-state index < -0.39 is 5.97 Å². The highest BCUT2D eigenvalue weighted by Crippen LogP contribution is 2.28. The summed E-state index contributed by atoms with van der Waals surface area (Å²) in [7, 11) is 0. The van der Waals surface area contributed by atoms with Gasteiger partial charge in [0.2, 0.25) is 5.91 Å². The molecule has 104 valence electrons. The number of hydrogen-bond acceptors (Lipinski definition) is 3. The molecule has 1 saturated carbocycles. The summed E-state index contributed by atoms with van der Waals surface area (Å²) in [6.45, 7) is 0.748. The summed E-state index contributed by atoms with van der Waals surface area (Å²) >= 11 is 1.82. The van der Waals surface area contributed by atoms with E-state index in [1.165, 1.54) is 0 Å². The van der Waals surface area contributed by atoms with Gasteiger partial charge < -0.3 is 10.4 Å². The quantitative estimate of drug-likeness (QED) is 0.697.